The first-order valence-corrected chi connectivity index (χ1v) is 4.14. The molecule has 0 fully saturated rings. The molecule has 0 aliphatic rings. The molecule has 1 N–H and O–H groups in total. The standard InChI is InChI=1S/C9H8ClFO3/c1-14-8(9(12)13)5-2-3-7(11)6(10)4-5/h2-4,8H,1H3,(H,12,13). The van der Waals surface area contributed by atoms with Crippen molar-refractivity contribution in [1.29, 1.82) is 0 Å². The Kier molecular flexibility index (Phi) is 3.43. The van der Waals surface area contributed by atoms with Gasteiger partial charge in [0, 0.05) is 7.11 Å². The maximum absolute atomic E-state index is 12.7. The second-order valence-corrected chi connectivity index (χ2v) is 3.03. The summed E-state index contributed by atoms with van der Waals surface area (Å²) in [5.74, 6) is -1.73. The summed E-state index contributed by atoms with van der Waals surface area (Å²) >= 11 is 5.50. The Balaban J connectivity index is 3.06. The van der Waals surface area contributed by atoms with Crippen molar-refractivity contribution >= 4 is 17.6 Å². The van der Waals surface area contributed by atoms with Gasteiger partial charge in [-0.3, -0.25) is 0 Å². The SMILES string of the molecule is COC(C(=O)O)c1ccc(F)c(Cl)c1. The van der Waals surface area contributed by atoms with Crippen LogP contribution in [0.5, 0.6) is 0 Å². The summed E-state index contributed by atoms with van der Waals surface area (Å²) in [5.41, 5.74) is 0.311. The van der Waals surface area contributed by atoms with Gasteiger partial charge in [0.15, 0.2) is 6.10 Å². The number of hydrogen-bond acceptors (Lipinski definition) is 2. The maximum Gasteiger partial charge on any atom is 0.337 e. The van der Waals surface area contributed by atoms with Crippen LogP contribution in [0.25, 0.3) is 0 Å². The highest BCUT2D eigenvalue weighted by atomic mass is 35.5. The molecule has 0 radical (unpaired) electrons. The van der Waals surface area contributed by atoms with Crippen molar-refractivity contribution in [1.82, 2.24) is 0 Å². The van der Waals surface area contributed by atoms with Crippen LogP contribution in [-0.2, 0) is 9.53 Å². The van der Waals surface area contributed by atoms with Crippen LogP contribution in [0.1, 0.15) is 11.7 Å². The second kappa shape index (κ2) is 4.39. The normalized spacial score (nSPS) is 12.5. The molecular weight excluding hydrogens is 211 g/mol. The van der Waals surface area contributed by atoms with E-state index in [4.69, 9.17) is 21.4 Å². The molecule has 0 saturated carbocycles. The smallest absolute Gasteiger partial charge is 0.337 e. The number of halogens is 2. The van der Waals surface area contributed by atoms with Crippen LogP contribution in [0.3, 0.4) is 0 Å². The average molecular weight is 219 g/mol. The topological polar surface area (TPSA) is 46.5 Å². The number of carboxylic acids is 1. The molecule has 1 aromatic rings. The van der Waals surface area contributed by atoms with Gasteiger partial charge in [0.05, 0.1) is 5.02 Å². The molecule has 0 aromatic heterocycles. The summed E-state index contributed by atoms with van der Waals surface area (Å²) in [5, 5.41) is 8.61. The van der Waals surface area contributed by atoms with Gasteiger partial charge < -0.3 is 9.84 Å². The summed E-state index contributed by atoms with van der Waals surface area (Å²) in [4.78, 5) is 10.7. The molecule has 0 bridgehead atoms. The monoisotopic (exact) mass is 218 g/mol. The molecule has 1 aromatic carbocycles. The number of ether oxygens (including phenoxy) is 1. The number of aliphatic carboxylic acids is 1. The van der Waals surface area contributed by atoms with E-state index in [1.165, 1.54) is 19.2 Å². The lowest BCUT2D eigenvalue weighted by atomic mass is 10.1. The lowest BCUT2D eigenvalue weighted by molar-refractivity contribution is -0.148. The van der Waals surface area contributed by atoms with Crippen molar-refractivity contribution in [2.75, 3.05) is 7.11 Å². The summed E-state index contributed by atoms with van der Waals surface area (Å²) in [6, 6.07) is 3.66. The highest BCUT2D eigenvalue weighted by molar-refractivity contribution is 6.30. The number of benzene rings is 1. The fraction of sp³-hybridized carbons (Fsp3) is 0.222. The van der Waals surface area contributed by atoms with Gasteiger partial charge in [-0.05, 0) is 17.7 Å². The fourth-order valence-electron chi connectivity index (χ4n) is 1.05. The molecule has 76 valence electrons. The minimum Gasteiger partial charge on any atom is -0.479 e. The largest absolute Gasteiger partial charge is 0.479 e. The van der Waals surface area contributed by atoms with Gasteiger partial charge in [-0.2, -0.15) is 0 Å². The summed E-state index contributed by atoms with van der Waals surface area (Å²) in [6.07, 6.45) is -1.12. The van der Waals surface area contributed by atoms with Gasteiger partial charge in [0.2, 0.25) is 0 Å². The second-order valence-electron chi connectivity index (χ2n) is 2.63. The van der Waals surface area contributed by atoms with E-state index >= 15 is 0 Å². The Morgan fingerprint density at radius 2 is 2.29 bits per heavy atom. The van der Waals surface area contributed by atoms with Crippen molar-refractivity contribution in [2.45, 2.75) is 6.10 Å². The van der Waals surface area contributed by atoms with E-state index in [2.05, 4.69) is 0 Å². The summed E-state index contributed by atoms with van der Waals surface area (Å²) in [7, 11) is 1.26. The van der Waals surface area contributed by atoms with Crippen LogP contribution >= 0.6 is 11.6 Å². The molecule has 0 heterocycles. The zero-order valence-corrected chi connectivity index (χ0v) is 8.08. The van der Waals surface area contributed by atoms with Gasteiger partial charge >= 0.3 is 5.97 Å². The van der Waals surface area contributed by atoms with Gasteiger partial charge in [0.1, 0.15) is 5.82 Å². The van der Waals surface area contributed by atoms with E-state index < -0.39 is 17.9 Å². The maximum atomic E-state index is 12.7. The third kappa shape index (κ3) is 2.21. The number of carboxylic acid groups (broad SMARTS) is 1. The molecular formula is C9H8ClFO3. The van der Waals surface area contributed by atoms with E-state index in [9.17, 15) is 9.18 Å². The van der Waals surface area contributed by atoms with Crippen molar-refractivity contribution in [3.05, 3.63) is 34.6 Å². The molecule has 1 rings (SSSR count). The predicted octanol–water partition coefficient (Wildman–Crippen LogP) is 2.25. The molecule has 14 heavy (non-hydrogen) atoms. The van der Waals surface area contributed by atoms with Crippen LogP contribution in [0.4, 0.5) is 4.39 Å². The Morgan fingerprint density at radius 3 is 2.71 bits per heavy atom. The Labute approximate surface area is 85.1 Å². The van der Waals surface area contributed by atoms with Gasteiger partial charge in [-0.25, -0.2) is 9.18 Å². The van der Waals surface area contributed by atoms with E-state index in [-0.39, 0.29) is 5.02 Å². The Hall–Kier alpha value is -1.13. The quantitative estimate of drug-likeness (QED) is 0.847. The van der Waals surface area contributed by atoms with E-state index in [0.29, 0.717) is 5.56 Å². The third-order valence-electron chi connectivity index (χ3n) is 1.71. The lowest BCUT2D eigenvalue weighted by Crippen LogP contribution is -2.13. The number of rotatable bonds is 3. The summed E-state index contributed by atoms with van der Waals surface area (Å²) in [6.45, 7) is 0. The zero-order chi connectivity index (χ0) is 10.7. The minimum absolute atomic E-state index is 0.120. The van der Waals surface area contributed by atoms with Gasteiger partial charge in [-0.1, -0.05) is 17.7 Å². The average Bonchev–Trinajstić information content (AvgIpc) is 2.11. The van der Waals surface area contributed by atoms with Gasteiger partial charge in [-0.15, -0.1) is 0 Å². The first-order valence-electron chi connectivity index (χ1n) is 3.77. The molecule has 0 amide bonds. The van der Waals surface area contributed by atoms with E-state index in [0.717, 1.165) is 6.07 Å². The van der Waals surface area contributed by atoms with Crippen molar-refractivity contribution in [3.8, 4) is 0 Å². The molecule has 0 aliphatic carbocycles. The van der Waals surface area contributed by atoms with Crippen molar-refractivity contribution in [3.63, 3.8) is 0 Å². The molecule has 0 spiro atoms. The molecule has 3 nitrogen and oxygen atoms in total. The summed E-state index contributed by atoms with van der Waals surface area (Å²) < 4.78 is 17.5. The number of methoxy groups -OCH3 is 1. The van der Waals surface area contributed by atoms with E-state index in [1.807, 2.05) is 0 Å². The highest BCUT2D eigenvalue weighted by Gasteiger charge is 2.19. The molecule has 1 atom stereocenters. The predicted molar refractivity (Wildman–Crippen MR) is 48.8 cm³/mol. The van der Waals surface area contributed by atoms with Crippen LogP contribution in [0.15, 0.2) is 18.2 Å². The molecule has 0 saturated heterocycles. The Bertz CT molecular complexity index is 354. The number of carbonyl (C=O) groups is 1. The zero-order valence-electron chi connectivity index (χ0n) is 7.33. The van der Waals surface area contributed by atoms with Crippen LogP contribution in [0.2, 0.25) is 5.02 Å². The fourth-order valence-corrected chi connectivity index (χ4v) is 1.24. The van der Waals surface area contributed by atoms with Crippen molar-refractivity contribution in [2.24, 2.45) is 0 Å². The van der Waals surface area contributed by atoms with Gasteiger partial charge in [0.25, 0.3) is 0 Å². The first-order chi connectivity index (χ1) is 6.56. The van der Waals surface area contributed by atoms with E-state index in [1.54, 1.807) is 0 Å². The van der Waals surface area contributed by atoms with Crippen molar-refractivity contribution < 1.29 is 19.0 Å². The van der Waals surface area contributed by atoms with Crippen LogP contribution in [-0.4, -0.2) is 18.2 Å². The number of hydrogen-bond donors (Lipinski definition) is 1. The first kappa shape index (κ1) is 10.9. The van der Waals surface area contributed by atoms with Crippen LogP contribution < -0.4 is 0 Å². The Morgan fingerprint density at radius 1 is 1.64 bits per heavy atom. The molecule has 1 unspecified atom stereocenters. The van der Waals surface area contributed by atoms with Crippen LogP contribution in [0, 0.1) is 5.82 Å². The molecule has 5 heteroatoms. The minimum atomic E-state index is -1.14. The lowest BCUT2D eigenvalue weighted by Gasteiger charge is -2.10. The third-order valence-corrected chi connectivity index (χ3v) is 2.00. The molecule has 0 aliphatic heterocycles. The highest BCUT2D eigenvalue weighted by Crippen LogP contribution is 2.22.